The predicted octanol–water partition coefficient (Wildman–Crippen LogP) is 2.39. The molecule has 0 radical (unpaired) electrons. The molecule has 1 fully saturated rings. The smallest absolute Gasteiger partial charge is 0.0558 e. The number of nitrogens with one attached hydrogen (secondary N) is 1. The maximum atomic E-state index is 9.12. The molecule has 0 aromatic carbocycles. The first-order valence-electron chi connectivity index (χ1n) is 7.93. The number of unbranched alkanes of at least 4 members (excludes halogenated alkanes) is 5. The number of hydrogen-bond donors (Lipinski definition) is 2. The first kappa shape index (κ1) is 15.9. The fourth-order valence-electron chi connectivity index (χ4n) is 2.78. The number of nitrogens with zero attached hydrogens (tertiary/aromatic N) is 1. The van der Waals surface area contributed by atoms with Crippen LogP contribution in [0.3, 0.4) is 0 Å². The summed E-state index contributed by atoms with van der Waals surface area (Å²) in [6, 6.07) is 0.664. The van der Waals surface area contributed by atoms with E-state index in [-0.39, 0.29) is 0 Å². The predicted molar refractivity (Wildman–Crippen MR) is 77.9 cm³/mol. The molecule has 3 nitrogen and oxygen atoms in total. The van der Waals surface area contributed by atoms with Crippen LogP contribution in [0.4, 0.5) is 0 Å². The summed E-state index contributed by atoms with van der Waals surface area (Å²) in [5.41, 5.74) is 0. The molecule has 1 unspecified atom stereocenters. The van der Waals surface area contributed by atoms with Gasteiger partial charge < -0.3 is 10.4 Å². The zero-order valence-electron chi connectivity index (χ0n) is 12.2. The molecule has 2 N–H and O–H groups in total. The van der Waals surface area contributed by atoms with Crippen molar-refractivity contribution < 1.29 is 5.11 Å². The number of hydrogen-bond acceptors (Lipinski definition) is 3. The molecule has 1 saturated heterocycles. The number of aliphatic hydroxyl groups is 1. The lowest BCUT2D eigenvalue weighted by Gasteiger charge is -2.24. The molecule has 0 aromatic heterocycles. The van der Waals surface area contributed by atoms with E-state index < -0.39 is 0 Å². The van der Waals surface area contributed by atoms with E-state index in [9.17, 15) is 0 Å². The summed E-state index contributed by atoms with van der Waals surface area (Å²) in [5, 5.41) is 12.7. The molecule has 1 heterocycles. The van der Waals surface area contributed by atoms with E-state index in [1.165, 1.54) is 57.9 Å². The molecule has 0 amide bonds. The van der Waals surface area contributed by atoms with Gasteiger partial charge in [0.2, 0.25) is 0 Å². The van der Waals surface area contributed by atoms with E-state index in [1.807, 2.05) is 0 Å². The summed E-state index contributed by atoms with van der Waals surface area (Å²) >= 11 is 0. The second kappa shape index (κ2) is 10.8. The van der Waals surface area contributed by atoms with Crippen LogP contribution in [0.15, 0.2) is 0 Å². The van der Waals surface area contributed by atoms with Crippen molar-refractivity contribution in [2.24, 2.45) is 0 Å². The third-order valence-electron chi connectivity index (χ3n) is 3.89. The largest absolute Gasteiger partial charge is 0.395 e. The van der Waals surface area contributed by atoms with Crippen molar-refractivity contribution in [3.63, 3.8) is 0 Å². The van der Waals surface area contributed by atoms with Crippen LogP contribution in [0.1, 0.15) is 58.3 Å². The van der Waals surface area contributed by atoms with Gasteiger partial charge in [-0.25, -0.2) is 0 Å². The van der Waals surface area contributed by atoms with Crippen LogP contribution in [-0.2, 0) is 0 Å². The highest BCUT2D eigenvalue weighted by Crippen LogP contribution is 2.09. The Morgan fingerprint density at radius 1 is 1.11 bits per heavy atom. The SMILES string of the molecule is CCCCCCCCN(CCO)CC1CCCN1. The summed E-state index contributed by atoms with van der Waals surface area (Å²) in [4.78, 5) is 2.43. The molecule has 1 rings (SSSR count). The van der Waals surface area contributed by atoms with Gasteiger partial charge in [0, 0.05) is 19.1 Å². The van der Waals surface area contributed by atoms with E-state index in [0.717, 1.165) is 19.6 Å². The molecular weight excluding hydrogens is 224 g/mol. The van der Waals surface area contributed by atoms with Gasteiger partial charge in [-0.1, -0.05) is 39.0 Å². The highest BCUT2D eigenvalue weighted by Gasteiger charge is 2.17. The Hall–Kier alpha value is -0.120. The zero-order chi connectivity index (χ0) is 13.1. The Balaban J connectivity index is 2.05. The summed E-state index contributed by atoms with van der Waals surface area (Å²) < 4.78 is 0. The third-order valence-corrected chi connectivity index (χ3v) is 3.89. The molecule has 108 valence electrons. The third kappa shape index (κ3) is 7.34. The number of aliphatic hydroxyl groups excluding tert-OH is 1. The van der Waals surface area contributed by atoms with E-state index in [0.29, 0.717) is 12.6 Å². The summed E-state index contributed by atoms with van der Waals surface area (Å²) in [6.45, 7) is 6.85. The molecule has 0 aromatic rings. The normalized spacial score (nSPS) is 19.8. The van der Waals surface area contributed by atoms with E-state index in [4.69, 9.17) is 5.11 Å². The maximum Gasteiger partial charge on any atom is 0.0558 e. The van der Waals surface area contributed by atoms with Gasteiger partial charge in [0.1, 0.15) is 0 Å². The Bertz CT molecular complexity index is 181. The Labute approximate surface area is 113 Å². The fourth-order valence-corrected chi connectivity index (χ4v) is 2.78. The van der Waals surface area contributed by atoms with E-state index in [2.05, 4.69) is 17.1 Å². The van der Waals surface area contributed by atoms with Gasteiger partial charge in [-0.15, -0.1) is 0 Å². The average molecular weight is 256 g/mol. The van der Waals surface area contributed by atoms with Crippen LogP contribution in [0, 0.1) is 0 Å². The van der Waals surface area contributed by atoms with Crippen LogP contribution in [0.2, 0.25) is 0 Å². The van der Waals surface area contributed by atoms with Gasteiger partial charge in [-0.2, -0.15) is 0 Å². The van der Waals surface area contributed by atoms with Crippen molar-refractivity contribution in [1.29, 1.82) is 0 Å². The van der Waals surface area contributed by atoms with Gasteiger partial charge >= 0.3 is 0 Å². The molecule has 0 spiro atoms. The quantitative estimate of drug-likeness (QED) is 0.557. The second-order valence-electron chi connectivity index (χ2n) is 5.59. The van der Waals surface area contributed by atoms with Crippen molar-refractivity contribution in [2.45, 2.75) is 64.3 Å². The molecular formula is C15H32N2O. The molecule has 18 heavy (non-hydrogen) atoms. The van der Waals surface area contributed by atoms with Crippen molar-refractivity contribution >= 4 is 0 Å². The maximum absolute atomic E-state index is 9.12. The lowest BCUT2D eigenvalue weighted by Crippen LogP contribution is -2.39. The molecule has 0 aliphatic carbocycles. The number of rotatable bonds is 11. The topological polar surface area (TPSA) is 35.5 Å². The van der Waals surface area contributed by atoms with Gasteiger partial charge in [0.05, 0.1) is 6.61 Å². The van der Waals surface area contributed by atoms with Crippen molar-refractivity contribution in [1.82, 2.24) is 10.2 Å². The minimum absolute atomic E-state index is 0.294. The van der Waals surface area contributed by atoms with Crippen LogP contribution < -0.4 is 5.32 Å². The minimum atomic E-state index is 0.294. The Kier molecular flexibility index (Phi) is 9.54. The first-order chi connectivity index (χ1) is 8.86. The molecule has 1 aliphatic heterocycles. The second-order valence-corrected chi connectivity index (χ2v) is 5.59. The van der Waals surface area contributed by atoms with Crippen molar-refractivity contribution in [2.75, 3.05) is 32.8 Å². The lowest BCUT2D eigenvalue weighted by atomic mass is 10.1. The van der Waals surface area contributed by atoms with Crippen molar-refractivity contribution in [3.8, 4) is 0 Å². The molecule has 0 saturated carbocycles. The summed E-state index contributed by atoms with van der Waals surface area (Å²) in [5.74, 6) is 0. The van der Waals surface area contributed by atoms with E-state index >= 15 is 0 Å². The van der Waals surface area contributed by atoms with Crippen LogP contribution >= 0.6 is 0 Å². The van der Waals surface area contributed by atoms with Crippen LogP contribution in [-0.4, -0.2) is 48.8 Å². The van der Waals surface area contributed by atoms with Gasteiger partial charge in [-0.3, -0.25) is 4.90 Å². The lowest BCUT2D eigenvalue weighted by molar-refractivity contribution is 0.182. The van der Waals surface area contributed by atoms with Crippen LogP contribution in [0.5, 0.6) is 0 Å². The highest BCUT2D eigenvalue weighted by molar-refractivity contribution is 4.77. The van der Waals surface area contributed by atoms with Gasteiger partial charge in [0.15, 0.2) is 0 Å². The standard InChI is InChI=1S/C15H32N2O/c1-2-3-4-5-6-7-11-17(12-13-18)14-15-9-8-10-16-15/h15-16,18H,2-14H2,1H3. The zero-order valence-corrected chi connectivity index (χ0v) is 12.2. The molecule has 3 heteroatoms. The summed E-state index contributed by atoms with van der Waals surface area (Å²) in [7, 11) is 0. The monoisotopic (exact) mass is 256 g/mol. The highest BCUT2D eigenvalue weighted by atomic mass is 16.3. The van der Waals surface area contributed by atoms with Gasteiger partial charge in [0.25, 0.3) is 0 Å². The Morgan fingerprint density at radius 2 is 1.89 bits per heavy atom. The van der Waals surface area contributed by atoms with E-state index in [1.54, 1.807) is 0 Å². The molecule has 0 bridgehead atoms. The minimum Gasteiger partial charge on any atom is -0.395 e. The molecule has 1 atom stereocenters. The van der Waals surface area contributed by atoms with Crippen LogP contribution in [0.25, 0.3) is 0 Å². The molecule has 1 aliphatic rings. The first-order valence-corrected chi connectivity index (χ1v) is 7.93. The average Bonchev–Trinajstić information content (AvgIpc) is 2.86. The summed E-state index contributed by atoms with van der Waals surface area (Å²) in [6.07, 6.45) is 10.7. The fraction of sp³-hybridized carbons (Fsp3) is 1.00. The Morgan fingerprint density at radius 3 is 2.56 bits per heavy atom. The van der Waals surface area contributed by atoms with Crippen molar-refractivity contribution in [3.05, 3.63) is 0 Å². The van der Waals surface area contributed by atoms with Gasteiger partial charge in [-0.05, 0) is 32.4 Å².